The second-order valence-corrected chi connectivity index (χ2v) is 7.58. The third-order valence-corrected chi connectivity index (χ3v) is 5.93. The van der Waals surface area contributed by atoms with Crippen molar-refractivity contribution in [2.24, 2.45) is 11.8 Å². The molecule has 1 saturated carbocycles. The van der Waals surface area contributed by atoms with E-state index in [1.807, 2.05) is 6.92 Å². The van der Waals surface area contributed by atoms with Crippen molar-refractivity contribution in [1.29, 1.82) is 0 Å². The van der Waals surface area contributed by atoms with Crippen LogP contribution in [0.4, 0.5) is 10.1 Å². The first-order valence-electron chi connectivity index (χ1n) is 7.18. The van der Waals surface area contributed by atoms with Crippen molar-refractivity contribution in [3.8, 4) is 0 Å². The van der Waals surface area contributed by atoms with Gasteiger partial charge in [0.15, 0.2) is 0 Å². The number of benzene rings is 1. The molecule has 122 valence electrons. The summed E-state index contributed by atoms with van der Waals surface area (Å²) in [4.78, 5) is 9.52. The first kappa shape index (κ1) is 16.8. The zero-order chi connectivity index (χ0) is 16.5. The average molecular weight is 330 g/mol. The number of rotatable bonds is 4. The molecular formula is C14H19FN2O4S. The van der Waals surface area contributed by atoms with Gasteiger partial charge in [-0.3, -0.25) is 10.1 Å². The second-order valence-electron chi connectivity index (χ2n) is 5.87. The van der Waals surface area contributed by atoms with Crippen LogP contribution in [0.15, 0.2) is 23.1 Å². The molecule has 2 rings (SSSR count). The van der Waals surface area contributed by atoms with Gasteiger partial charge in [-0.1, -0.05) is 26.7 Å². The maximum absolute atomic E-state index is 13.3. The predicted molar refractivity (Wildman–Crippen MR) is 79.3 cm³/mol. The van der Waals surface area contributed by atoms with Gasteiger partial charge in [0.05, 0.1) is 9.82 Å². The van der Waals surface area contributed by atoms with Crippen LogP contribution in [0.1, 0.15) is 33.1 Å². The highest BCUT2D eigenvalue weighted by atomic mass is 32.2. The number of sulfonamides is 1. The Bertz CT molecular complexity index is 677. The summed E-state index contributed by atoms with van der Waals surface area (Å²) in [6, 6.07) is 2.40. The van der Waals surface area contributed by atoms with Gasteiger partial charge in [0.1, 0.15) is 0 Å². The number of hydrogen-bond donors (Lipinski definition) is 1. The average Bonchev–Trinajstić information content (AvgIpc) is 2.43. The lowest BCUT2D eigenvalue weighted by Crippen LogP contribution is -2.43. The zero-order valence-corrected chi connectivity index (χ0v) is 13.3. The Morgan fingerprint density at radius 1 is 1.32 bits per heavy atom. The summed E-state index contributed by atoms with van der Waals surface area (Å²) in [5, 5.41) is 10.7. The minimum atomic E-state index is -3.91. The van der Waals surface area contributed by atoms with E-state index >= 15 is 0 Å². The molecule has 22 heavy (non-hydrogen) atoms. The monoisotopic (exact) mass is 330 g/mol. The third kappa shape index (κ3) is 3.44. The first-order chi connectivity index (χ1) is 10.2. The van der Waals surface area contributed by atoms with E-state index in [1.165, 1.54) is 0 Å². The molecule has 0 spiro atoms. The maximum atomic E-state index is 13.3. The summed E-state index contributed by atoms with van der Waals surface area (Å²) >= 11 is 0. The molecule has 0 bridgehead atoms. The minimum Gasteiger partial charge on any atom is -0.258 e. The van der Waals surface area contributed by atoms with Gasteiger partial charge in [-0.25, -0.2) is 13.1 Å². The number of nitro benzene ring substituents is 1. The number of nitrogens with zero attached hydrogens (tertiary/aromatic N) is 1. The Morgan fingerprint density at radius 3 is 2.64 bits per heavy atom. The molecule has 1 aliphatic carbocycles. The topological polar surface area (TPSA) is 89.3 Å². The number of hydrogen-bond acceptors (Lipinski definition) is 4. The van der Waals surface area contributed by atoms with Gasteiger partial charge in [-0.15, -0.1) is 0 Å². The molecule has 0 unspecified atom stereocenters. The molecule has 1 N–H and O–H groups in total. The molecule has 1 aromatic carbocycles. The third-order valence-electron chi connectivity index (χ3n) is 4.44. The van der Waals surface area contributed by atoms with Crippen LogP contribution in [0.5, 0.6) is 0 Å². The van der Waals surface area contributed by atoms with Crippen molar-refractivity contribution >= 4 is 15.7 Å². The summed E-state index contributed by atoms with van der Waals surface area (Å²) in [7, 11) is -3.91. The molecule has 6 nitrogen and oxygen atoms in total. The number of nitrogens with one attached hydrogen (secondary N) is 1. The lowest BCUT2D eigenvalue weighted by Gasteiger charge is -2.34. The summed E-state index contributed by atoms with van der Waals surface area (Å²) in [6.45, 7) is 4.07. The van der Waals surface area contributed by atoms with Gasteiger partial charge < -0.3 is 0 Å². The van der Waals surface area contributed by atoms with Gasteiger partial charge >= 0.3 is 5.69 Å². The Kier molecular flexibility index (Phi) is 4.81. The molecular weight excluding hydrogens is 311 g/mol. The van der Waals surface area contributed by atoms with Crippen LogP contribution in [0.2, 0.25) is 0 Å². The Labute approximate surface area is 128 Å². The minimum absolute atomic E-state index is 0.180. The fraction of sp³-hybridized carbons (Fsp3) is 0.571. The second kappa shape index (κ2) is 6.29. The van der Waals surface area contributed by atoms with Gasteiger partial charge in [-0.05, 0) is 30.4 Å². The van der Waals surface area contributed by atoms with E-state index in [4.69, 9.17) is 0 Å². The van der Waals surface area contributed by atoms with Gasteiger partial charge in [0.2, 0.25) is 15.8 Å². The van der Waals surface area contributed by atoms with Crippen LogP contribution in [-0.4, -0.2) is 19.4 Å². The standard InChI is InChI=1S/C14H19FN2O4S/c1-9-4-3-5-13(10(9)2)16-22(20,21)11-6-7-12(15)14(8-11)17(18)19/h6-10,13,16H,3-5H2,1-2H3/t9-,10-,13-/m1/s1. The summed E-state index contributed by atoms with van der Waals surface area (Å²) in [5.41, 5.74) is -0.840. The van der Waals surface area contributed by atoms with Gasteiger partial charge in [0, 0.05) is 12.1 Å². The highest BCUT2D eigenvalue weighted by molar-refractivity contribution is 7.89. The van der Waals surface area contributed by atoms with Crippen LogP contribution in [-0.2, 0) is 10.0 Å². The number of halogens is 1. The quantitative estimate of drug-likeness (QED) is 0.679. The molecule has 0 aromatic heterocycles. The molecule has 1 fully saturated rings. The smallest absolute Gasteiger partial charge is 0.258 e. The van der Waals surface area contributed by atoms with E-state index in [-0.39, 0.29) is 16.9 Å². The summed E-state index contributed by atoms with van der Waals surface area (Å²) < 4.78 is 40.7. The first-order valence-corrected chi connectivity index (χ1v) is 8.67. The summed E-state index contributed by atoms with van der Waals surface area (Å²) in [6.07, 6.45) is 2.72. The van der Waals surface area contributed by atoms with Crippen molar-refractivity contribution < 1.29 is 17.7 Å². The van der Waals surface area contributed by atoms with E-state index in [0.29, 0.717) is 5.92 Å². The van der Waals surface area contributed by atoms with Crippen molar-refractivity contribution in [2.75, 3.05) is 0 Å². The largest absolute Gasteiger partial charge is 0.306 e. The lowest BCUT2D eigenvalue weighted by molar-refractivity contribution is -0.387. The van der Waals surface area contributed by atoms with E-state index in [0.717, 1.165) is 37.5 Å². The molecule has 0 radical (unpaired) electrons. The maximum Gasteiger partial charge on any atom is 0.306 e. The molecule has 0 amide bonds. The molecule has 8 heteroatoms. The lowest BCUT2D eigenvalue weighted by atomic mass is 9.78. The van der Waals surface area contributed by atoms with Crippen molar-refractivity contribution in [2.45, 2.75) is 44.0 Å². The molecule has 1 aromatic rings. The van der Waals surface area contributed by atoms with Crippen LogP contribution in [0.3, 0.4) is 0 Å². The molecule has 1 aliphatic rings. The normalized spacial score (nSPS) is 25.9. The summed E-state index contributed by atoms with van der Waals surface area (Å²) in [5.74, 6) is -0.466. The Balaban J connectivity index is 2.27. The molecule has 3 atom stereocenters. The fourth-order valence-corrected chi connectivity index (χ4v) is 4.20. The highest BCUT2D eigenvalue weighted by Crippen LogP contribution is 2.31. The van der Waals surface area contributed by atoms with Gasteiger partial charge in [0.25, 0.3) is 0 Å². The van der Waals surface area contributed by atoms with Crippen LogP contribution < -0.4 is 4.72 Å². The fourth-order valence-electron chi connectivity index (χ4n) is 2.82. The Hall–Kier alpha value is -1.54. The van der Waals surface area contributed by atoms with Gasteiger partial charge in [-0.2, -0.15) is 4.39 Å². The van der Waals surface area contributed by atoms with Crippen LogP contribution in [0, 0.1) is 27.8 Å². The van der Waals surface area contributed by atoms with Crippen LogP contribution in [0.25, 0.3) is 0 Å². The Morgan fingerprint density at radius 2 is 2.00 bits per heavy atom. The van der Waals surface area contributed by atoms with E-state index in [9.17, 15) is 22.9 Å². The van der Waals surface area contributed by atoms with Crippen molar-refractivity contribution in [3.05, 3.63) is 34.1 Å². The van der Waals surface area contributed by atoms with E-state index < -0.39 is 26.5 Å². The predicted octanol–water partition coefficient (Wildman–Crippen LogP) is 2.84. The van der Waals surface area contributed by atoms with Crippen molar-refractivity contribution in [3.63, 3.8) is 0 Å². The molecule has 0 heterocycles. The van der Waals surface area contributed by atoms with Crippen molar-refractivity contribution in [1.82, 2.24) is 4.72 Å². The molecule has 0 aliphatic heterocycles. The zero-order valence-electron chi connectivity index (χ0n) is 12.5. The van der Waals surface area contributed by atoms with E-state index in [2.05, 4.69) is 11.6 Å². The molecule has 0 saturated heterocycles. The van der Waals surface area contributed by atoms with E-state index in [1.54, 1.807) is 0 Å². The number of nitro groups is 1. The SMILES string of the molecule is C[C@@H]1[C@H](C)CCC[C@H]1NS(=O)(=O)c1ccc(F)c([N+](=O)[O-])c1. The highest BCUT2D eigenvalue weighted by Gasteiger charge is 2.31. The van der Waals surface area contributed by atoms with Crippen LogP contribution >= 0.6 is 0 Å².